The molecule has 0 saturated heterocycles. The van der Waals surface area contributed by atoms with Crippen molar-refractivity contribution < 1.29 is 4.74 Å². The van der Waals surface area contributed by atoms with Crippen molar-refractivity contribution in [2.45, 2.75) is 6.54 Å². The highest BCUT2D eigenvalue weighted by Crippen LogP contribution is 2.23. The summed E-state index contributed by atoms with van der Waals surface area (Å²) in [6.45, 7) is 2.31. The van der Waals surface area contributed by atoms with Crippen molar-refractivity contribution in [3.63, 3.8) is 0 Å². The zero-order valence-electron chi connectivity index (χ0n) is 9.42. The van der Waals surface area contributed by atoms with E-state index in [-0.39, 0.29) is 0 Å². The summed E-state index contributed by atoms with van der Waals surface area (Å²) >= 11 is 0. The van der Waals surface area contributed by atoms with Crippen LogP contribution in [0.2, 0.25) is 0 Å². The molecule has 0 aliphatic heterocycles. The summed E-state index contributed by atoms with van der Waals surface area (Å²) in [5, 5.41) is 4.48. The zero-order valence-corrected chi connectivity index (χ0v) is 9.42. The molecule has 0 fully saturated rings. The lowest BCUT2D eigenvalue weighted by molar-refractivity contribution is 0.415. The zero-order chi connectivity index (χ0) is 11.4. The summed E-state index contributed by atoms with van der Waals surface area (Å²) in [6.07, 6.45) is 2.02. The third kappa shape index (κ3) is 2.18. The molecule has 4 nitrogen and oxygen atoms in total. The van der Waals surface area contributed by atoms with E-state index in [1.807, 2.05) is 24.4 Å². The SMILES string of the molecule is COc1ccc2[nH]cc(CNCCN)c2c1. The van der Waals surface area contributed by atoms with Crippen molar-refractivity contribution in [3.8, 4) is 5.75 Å². The molecule has 4 heteroatoms. The number of nitrogens with two attached hydrogens (primary N) is 1. The Kier molecular flexibility index (Phi) is 3.44. The van der Waals surface area contributed by atoms with Crippen LogP contribution >= 0.6 is 0 Å². The first kappa shape index (κ1) is 11.0. The van der Waals surface area contributed by atoms with Gasteiger partial charge in [0.25, 0.3) is 0 Å². The molecule has 86 valence electrons. The van der Waals surface area contributed by atoms with E-state index in [2.05, 4.69) is 10.3 Å². The molecule has 0 unspecified atom stereocenters. The maximum absolute atomic E-state index is 5.44. The molecule has 1 heterocycles. The van der Waals surface area contributed by atoms with E-state index in [1.165, 1.54) is 10.9 Å². The van der Waals surface area contributed by atoms with Crippen LogP contribution in [0.3, 0.4) is 0 Å². The van der Waals surface area contributed by atoms with Crippen LogP contribution in [-0.4, -0.2) is 25.2 Å². The van der Waals surface area contributed by atoms with Crippen molar-refractivity contribution in [2.75, 3.05) is 20.2 Å². The molecule has 0 saturated carbocycles. The average molecular weight is 219 g/mol. The summed E-state index contributed by atoms with van der Waals surface area (Å²) in [5.41, 5.74) is 7.80. The Morgan fingerprint density at radius 1 is 1.44 bits per heavy atom. The molecular formula is C12H17N3O. The van der Waals surface area contributed by atoms with Crippen LogP contribution in [-0.2, 0) is 6.54 Å². The average Bonchev–Trinajstić information content (AvgIpc) is 2.72. The lowest BCUT2D eigenvalue weighted by Crippen LogP contribution is -2.21. The summed E-state index contributed by atoms with van der Waals surface area (Å²) < 4.78 is 5.22. The number of aromatic nitrogens is 1. The molecule has 2 aromatic rings. The topological polar surface area (TPSA) is 63.1 Å². The quantitative estimate of drug-likeness (QED) is 0.663. The molecule has 16 heavy (non-hydrogen) atoms. The minimum absolute atomic E-state index is 0.658. The molecule has 0 radical (unpaired) electrons. The highest BCUT2D eigenvalue weighted by molar-refractivity contribution is 5.84. The molecule has 4 N–H and O–H groups in total. The second kappa shape index (κ2) is 5.01. The largest absolute Gasteiger partial charge is 0.497 e. The van der Waals surface area contributed by atoms with Gasteiger partial charge in [-0.3, -0.25) is 0 Å². The number of H-pyrrole nitrogens is 1. The number of aromatic amines is 1. The summed E-state index contributed by atoms with van der Waals surface area (Å²) in [7, 11) is 1.68. The first-order valence-corrected chi connectivity index (χ1v) is 5.40. The third-order valence-electron chi connectivity index (χ3n) is 2.61. The van der Waals surface area contributed by atoms with Gasteiger partial charge in [-0.2, -0.15) is 0 Å². The van der Waals surface area contributed by atoms with Crippen LogP contribution < -0.4 is 15.8 Å². The molecule has 2 rings (SSSR count). The number of ether oxygens (including phenoxy) is 1. The first-order chi connectivity index (χ1) is 7.85. The van der Waals surface area contributed by atoms with Gasteiger partial charge in [-0.1, -0.05) is 0 Å². The van der Waals surface area contributed by atoms with Gasteiger partial charge in [-0.25, -0.2) is 0 Å². The fourth-order valence-corrected chi connectivity index (χ4v) is 1.76. The van der Waals surface area contributed by atoms with Crippen LogP contribution in [0.4, 0.5) is 0 Å². The molecule has 1 aromatic carbocycles. The maximum Gasteiger partial charge on any atom is 0.119 e. The number of hydrogen-bond donors (Lipinski definition) is 3. The number of hydrogen-bond acceptors (Lipinski definition) is 3. The Balaban J connectivity index is 2.24. The van der Waals surface area contributed by atoms with Gasteiger partial charge >= 0.3 is 0 Å². The van der Waals surface area contributed by atoms with E-state index in [0.717, 1.165) is 24.4 Å². The lowest BCUT2D eigenvalue weighted by atomic mass is 10.1. The third-order valence-corrected chi connectivity index (χ3v) is 2.61. The maximum atomic E-state index is 5.44. The predicted octanol–water partition coefficient (Wildman–Crippen LogP) is 1.22. The lowest BCUT2D eigenvalue weighted by Gasteiger charge is -2.03. The van der Waals surface area contributed by atoms with Gasteiger partial charge in [0.15, 0.2) is 0 Å². The van der Waals surface area contributed by atoms with Gasteiger partial charge in [0.1, 0.15) is 5.75 Å². The normalized spacial score (nSPS) is 10.9. The molecule has 0 amide bonds. The Bertz CT molecular complexity index is 464. The Hall–Kier alpha value is -1.52. The second-order valence-electron chi connectivity index (χ2n) is 3.69. The van der Waals surface area contributed by atoms with Crippen molar-refractivity contribution in [3.05, 3.63) is 30.0 Å². The highest BCUT2D eigenvalue weighted by Gasteiger charge is 2.04. The summed E-state index contributed by atoms with van der Waals surface area (Å²) in [5.74, 6) is 0.882. The highest BCUT2D eigenvalue weighted by atomic mass is 16.5. The van der Waals surface area contributed by atoms with Gasteiger partial charge < -0.3 is 20.8 Å². The summed E-state index contributed by atoms with van der Waals surface area (Å²) in [6, 6.07) is 6.03. The Morgan fingerprint density at radius 2 is 2.31 bits per heavy atom. The fraction of sp³-hybridized carbons (Fsp3) is 0.333. The van der Waals surface area contributed by atoms with Crippen molar-refractivity contribution >= 4 is 10.9 Å². The van der Waals surface area contributed by atoms with Crippen LogP contribution in [0, 0.1) is 0 Å². The van der Waals surface area contributed by atoms with Crippen molar-refractivity contribution in [2.24, 2.45) is 5.73 Å². The first-order valence-electron chi connectivity index (χ1n) is 5.40. The van der Waals surface area contributed by atoms with E-state index >= 15 is 0 Å². The smallest absolute Gasteiger partial charge is 0.119 e. The number of benzene rings is 1. The van der Waals surface area contributed by atoms with Crippen LogP contribution in [0.15, 0.2) is 24.4 Å². The number of fused-ring (bicyclic) bond motifs is 1. The van der Waals surface area contributed by atoms with Gasteiger partial charge in [0.2, 0.25) is 0 Å². The van der Waals surface area contributed by atoms with E-state index in [9.17, 15) is 0 Å². The minimum Gasteiger partial charge on any atom is -0.497 e. The van der Waals surface area contributed by atoms with Crippen molar-refractivity contribution in [1.82, 2.24) is 10.3 Å². The molecule has 0 atom stereocenters. The van der Waals surface area contributed by atoms with Gasteiger partial charge in [0.05, 0.1) is 7.11 Å². The minimum atomic E-state index is 0.658. The number of nitrogens with one attached hydrogen (secondary N) is 2. The van der Waals surface area contributed by atoms with Crippen molar-refractivity contribution in [1.29, 1.82) is 0 Å². The predicted molar refractivity (Wildman–Crippen MR) is 65.6 cm³/mol. The monoisotopic (exact) mass is 219 g/mol. The molecular weight excluding hydrogens is 202 g/mol. The Morgan fingerprint density at radius 3 is 3.06 bits per heavy atom. The van der Waals surface area contributed by atoms with E-state index < -0.39 is 0 Å². The second-order valence-corrected chi connectivity index (χ2v) is 3.69. The molecule has 1 aromatic heterocycles. The molecule has 0 bridgehead atoms. The summed E-state index contributed by atoms with van der Waals surface area (Å²) in [4.78, 5) is 3.24. The van der Waals surface area contributed by atoms with Gasteiger partial charge in [-0.15, -0.1) is 0 Å². The molecule has 0 spiro atoms. The number of methoxy groups -OCH3 is 1. The van der Waals surface area contributed by atoms with E-state index in [1.54, 1.807) is 7.11 Å². The molecule has 0 aliphatic carbocycles. The van der Waals surface area contributed by atoms with Gasteiger partial charge in [0, 0.05) is 36.7 Å². The van der Waals surface area contributed by atoms with Crippen LogP contribution in [0.1, 0.15) is 5.56 Å². The van der Waals surface area contributed by atoms with Gasteiger partial charge in [-0.05, 0) is 23.8 Å². The van der Waals surface area contributed by atoms with E-state index in [0.29, 0.717) is 6.54 Å². The van der Waals surface area contributed by atoms with E-state index in [4.69, 9.17) is 10.5 Å². The number of rotatable bonds is 5. The molecule has 0 aliphatic rings. The standard InChI is InChI=1S/C12H17N3O/c1-16-10-2-3-12-11(6-10)9(8-15-12)7-14-5-4-13/h2-3,6,8,14-15H,4-5,7,13H2,1H3. The van der Waals surface area contributed by atoms with Crippen LogP contribution in [0.5, 0.6) is 5.75 Å². The Labute approximate surface area is 94.8 Å². The fourth-order valence-electron chi connectivity index (χ4n) is 1.76. The van der Waals surface area contributed by atoms with Crippen LogP contribution in [0.25, 0.3) is 10.9 Å².